The van der Waals surface area contributed by atoms with E-state index in [1.807, 2.05) is 44.2 Å². The molecule has 1 rings (SSSR count). The van der Waals surface area contributed by atoms with E-state index >= 15 is 0 Å². The largest absolute Gasteiger partial charge is 0.481 e. The number of carbonyl (C=O) groups is 2. The lowest BCUT2D eigenvalue weighted by Gasteiger charge is -2.23. The number of hydrogen-bond acceptors (Lipinski definition) is 2. The Kier molecular flexibility index (Phi) is 6.66. The normalized spacial score (nSPS) is 11.5. The van der Waals surface area contributed by atoms with Crippen molar-refractivity contribution >= 4 is 18.0 Å². The highest BCUT2D eigenvalue weighted by atomic mass is 16.4. The van der Waals surface area contributed by atoms with Crippen molar-refractivity contribution in [3.63, 3.8) is 0 Å². The van der Waals surface area contributed by atoms with Crippen LogP contribution in [-0.4, -0.2) is 23.5 Å². The fraction of sp³-hybridized carbons (Fsp3) is 0.412. The predicted molar refractivity (Wildman–Crippen MR) is 83.8 cm³/mol. The topological polar surface area (TPSA) is 66.4 Å². The van der Waals surface area contributed by atoms with Crippen LogP contribution in [0.1, 0.15) is 38.7 Å². The molecule has 0 radical (unpaired) electrons. The number of carboxylic acid groups (broad SMARTS) is 1. The smallest absolute Gasteiger partial charge is 0.303 e. The first-order chi connectivity index (χ1) is 9.89. The van der Waals surface area contributed by atoms with Crippen molar-refractivity contribution in [2.24, 2.45) is 5.41 Å². The van der Waals surface area contributed by atoms with Gasteiger partial charge in [0.15, 0.2) is 0 Å². The molecule has 1 aromatic carbocycles. The Balaban J connectivity index is 2.30. The number of nitrogens with one attached hydrogen (secondary N) is 1. The molecule has 4 nitrogen and oxygen atoms in total. The average molecular weight is 289 g/mol. The SMILES string of the molecule is CC(C)(CCNC(=O)C=Cc1ccccc1)CCC(=O)O. The van der Waals surface area contributed by atoms with Crippen molar-refractivity contribution in [1.29, 1.82) is 0 Å². The number of aliphatic carboxylic acids is 1. The Bertz CT molecular complexity index is 492. The van der Waals surface area contributed by atoms with Crippen LogP contribution >= 0.6 is 0 Å². The molecule has 0 unspecified atom stereocenters. The number of benzene rings is 1. The lowest BCUT2D eigenvalue weighted by Crippen LogP contribution is -2.27. The van der Waals surface area contributed by atoms with Gasteiger partial charge in [-0.05, 0) is 29.9 Å². The molecule has 0 saturated carbocycles. The van der Waals surface area contributed by atoms with Crippen molar-refractivity contribution in [1.82, 2.24) is 5.32 Å². The van der Waals surface area contributed by atoms with Gasteiger partial charge in [-0.2, -0.15) is 0 Å². The molecule has 21 heavy (non-hydrogen) atoms. The molecule has 4 heteroatoms. The van der Waals surface area contributed by atoms with Gasteiger partial charge in [-0.25, -0.2) is 0 Å². The number of rotatable bonds is 8. The lowest BCUT2D eigenvalue weighted by molar-refractivity contribution is -0.137. The first-order valence-electron chi connectivity index (χ1n) is 7.12. The van der Waals surface area contributed by atoms with Crippen LogP contribution in [0, 0.1) is 5.41 Å². The van der Waals surface area contributed by atoms with Gasteiger partial charge < -0.3 is 10.4 Å². The third-order valence-electron chi connectivity index (χ3n) is 3.34. The summed E-state index contributed by atoms with van der Waals surface area (Å²) in [4.78, 5) is 22.2. The molecule has 1 aromatic rings. The summed E-state index contributed by atoms with van der Waals surface area (Å²) in [5, 5.41) is 11.5. The van der Waals surface area contributed by atoms with Gasteiger partial charge in [-0.3, -0.25) is 9.59 Å². The van der Waals surface area contributed by atoms with Crippen molar-refractivity contribution in [2.45, 2.75) is 33.1 Å². The molecule has 0 atom stereocenters. The fourth-order valence-corrected chi connectivity index (χ4v) is 1.89. The first-order valence-corrected chi connectivity index (χ1v) is 7.12. The highest BCUT2D eigenvalue weighted by Gasteiger charge is 2.18. The second-order valence-corrected chi connectivity index (χ2v) is 5.84. The van der Waals surface area contributed by atoms with Gasteiger partial charge in [0.1, 0.15) is 0 Å². The Morgan fingerprint density at radius 2 is 1.86 bits per heavy atom. The number of carboxylic acids is 1. The maximum absolute atomic E-state index is 11.7. The van der Waals surface area contributed by atoms with Crippen LogP contribution in [0.2, 0.25) is 0 Å². The van der Waals surface area contributed by atoms with Crippen LogP contribution in [0.15, 0.2) is 36.4 Å². The van der Waals surface area contributed by atoms with Gasteiger partial charge in [-0.1, -0.05) is 44.2 Å². The van der Waals surface area contributed by atoms with E-state index < -0.39 is 5.97 Å². The van der Waals surface area contributed by atoms with Crippen LogP contribution in [-0.2, 0) is 9.59 Å². The Hall–Kier alpha value is -2.10. The lowest BCUT2D eigenvalue weighted by atomic mass is 9.84. The van der Waals surface area contributed by atoms with Crippen molar-refractivity contribution < 1.29 is 14.7 Å². The molecule has 0 heterocycles. The molecule has 2 N–H and O–H groups in total. The minimum absolute atomic E-state index is 0.0885. The van der Waals surface area contributed by atoms with E-state index in [1.54, 1.807) is 6.08 Å². The highest BCUT2D eigenvalue weighted by Crippen LogP contribution is 2.25. The van der Waals surface area contributed by atoms with Gasteiger partial charge in [0.25, 0.3) is 0 Å². The number of hydrogen-bond donors (Lipinski definition) is 2. The molecular weight excluding hydrogens is 266 g/mol. The molecule has 0 aliphatic carbocycles. The van der Waals surface area contributed by atoms with E-state index in [0.29, 0.717) is 13.0 Å². The molecular formula is C17H23NO3. The first kappa shape index (κ1) is 17.0. The molecule has 114 valence electrons. The third kappa shape index (κ3) is 7.92. The molecule has 1 amide bonds. The molecule has 0 saturated heterocycles. The van der Waals surface area contributed by atoms with Crippen molar-refractivity contribution in [3.05, 3.63) is 42.0 Å². The van der Waals surface area contributed by atoms with E-state index in [-0.39, 0.29) is 17.7 Å². The summed E-state index contributed by atoms with van der Waals surface area (Å²) in [6.07, 6.45) is 4.81. The fourth-order valence-electron chi connectivity index (χ4n) is 1.89. The number of amides is 1. The standard InChI is InChI=1S/C17H23NO3/c1-17(2,11-10-16(20)21)12-13-18-15(19)9-8-14-6-4-3-5-7-14/h3-9H,10-13H2,1-2H3,(H,18,19)(H,20,21). The highest BCUT2D eigenvalue weighted by molar-refractivity contribution is 5.91. The van der Waals surface area contributed by atoms with E-state index in [1.165, 1.54) is 6.08 Å². The Morgan fingerprint density at radius 3 is 2.48 bits per heavy atom. The minimum atomic E-state index is -0.780. The monoisotopic (exact) mass is 289 g/mol. The summed E-state index contributed by atoms with van der Waals surface area (Å²) in [7, 11) is 0. The van der Waals surface area contributed by atoms with Gasteiger partial charge in [0, 0.05) is 19.0 Å². The van der Waals surface area contributed by atoms with Gasteiger partial charge in [0.2, 0.25) is 5.91 Å². The van der Waals surface area contributed by atoms with Crippen molar-refractivity contribution in [2.75, 3.05) is 6.54 Å². The average Bonchev–Trinajstić information content (AvgIpc) is 2.44. The molecule has 0 aromatic heterocycles. The van der Waals surface area contributed by atoms with E-state index in [0.717, 1.165) is 12.0 Å². The van der Waals surface area contributed by atoms with Gasteiger partial charge in [0.05, 0.1) is 0 Å². The minimum Gasteiger partial charge on any atom is -0.481 e. The van der Waals surface area contributed by atoms with Crippen LogP contribution in [0.5, 0.6) is 0 Å². The summed E-state index contributed by atoms with van der Waals surface area (Å²) >= 11 is 0. The van der Waals surface area contributed by atoms with Crippen LogP contribution in [0.4, 0.5) is 0 Å². The summed E-state index contributed by atoms with van der Waals surface area (Å²) < 4.78 is 0. The maximum atomic E-state index is 11.7. The zero-order valence-electron chi connectivity index (χ0n) is 12.6. The zero-order valence-corrected chi connectivity index (χ0v) is 12.6. The van der Waals surface area contributed by atoms with Crippen LogP contribution in [0.25, 0.3) is 6.08 Å². The second kappa shape index (κ2) is 8.25. The summed E-state index contributed by atoms with van der Waals surface area (Å²) in [5.74, 6) is -0.911. The number of carbonyl (C=O) groups excluding carboxylic acids is 1. The summed E-state index contributed by atoms with van der Waals surface area (Å²) in [6.45, 7) is 4.58. The Labute approximate surface area is 125 Å². The third-order valence-corrected chi connectivity index (χ3v) is 3.34. The zero-order chi connectivity index (χ0) is 15.7. The van der Waals surface area contributed by atoms with Gasteiger partial charge >= 0.3 is 5.97 Å². The molecule has 0 aliphatic heterocycles. The summed E-state index contributed by atoms with van der Waals surface area (Å²) in [6, 6.07) is 9.62. The Morgan fingerprint density at radius 1 is 1.19 bits per heavy atom. The second-order valence-electron chi connectivity index (χ2n) is 5.84. The van der Waals surface area contributed by atoms with E-state index in [2.05, 4.69) is 5.32 Å². The molecule has 0 spiro atoms. The van der Waals surface area contributed by atoms with E-state index in [4.69, 9.17) is 5.11 Å². The van der Waals surface area contributed by atoms with Crippen LogP contribution in [0.3, 0.4) is 0 Å². The quantitative estimate of drug-likeness (QED) is 0.723. The van der Waals surface area contributed by atoms with Gasteiger partial charge in [-0.15, -0.1) is 0 Å². The molecule has 0 fully saturated rings. The predicted octanol–water partition coefficient (Wildman–Crippen LogP) is 3.10. The maximum Gasteiger partial charge on any atom is 0.303 e. The van der Waals surface area contributed by atoms with E-state index in [9.17, 15) is 9.59 Å². The van der Waals surface area contributed by atoms with Crippen LogP contribution < -0.4 is 5.32 Å². The molecule has 0 aliphatic rings. The summed E-state index contributed by atoms with van der Waals surface area (Å²) in [5.41, 5.74) is 0.892. The van der Waals surface area contributed by atoms with Crippen molar-refractivity contribution in [3.8, 4) is 0 Å². The molecule has 0 bridgehead atoms.